The first kappa shape index (κ1) is 89.1. The summed E-state index contributed by atoms with van der Waals surface area (Å²) in [5, 5.41) is 25.0. The molecule has 3 aliphatic heterocycles. The second-order valence-electron chi connectivity index (χ2n) is 30.5. The van der Waals surface area contributed by atoms with Crippen LogP contribution in [0, 0.1) is 17.8 Å². The number of rotatable bonds is 18. The molecule has 3 saturated heterocycles. The molecule has 0 radical (unpaired) electrons. The second-order valence-corrected chi connectivity index (χ2v) is 30.5. The lowest BCUT2D eigenvalue weighted by Crippen LogP contribution is -2.59. The molecule has 3 aromatic carbocycles. The van der Waals surface area contributed by atoms with Crippen molar-refractivity contribution in [3.05, 3.63) is 108 Å². The maximum Gasteiger partial charge on any atom is 0.246 e. The summed E-state index contributed by atoms with van der Waals surface area (Å²) in [5.41, 5.74) is 2.01. The van der Waals surface area contributed by atoms with E-state index in [-0.39, 0.29) is 108 Å². The van der Waals surface area contributed by atoms with Gasteiger partial charge in [-0.15, -0.1) is 0 Å². The molecular weight excluding hydrogens is 1410 g/mol. The maximum absolute atomic E-state index is 15.1. The number of amides is 14. The van der Waals surface area contributed by atoms with E-state index >= 15 is 9.59 Å². The fraction of sp³-hybridized carbons (Fsp3) is 0.605. The number of carbonyl (C=O) groups is 14. The molecule has 0 saturated carbocycles. The largest absolute Gasteiger partial charge is 0.370 e. The lowest BCUT2D eigenvalue weighted by Gasteiger charge is -2.36. The summed E-state index contributed by atoms with van der Waals surface area (Å²) in [5.74, 6) is -9.44. The van der Waals surface area contributed by atoms with E-state index in [4.69, 9.17) is 4.74 Å². The van der Waals surface area contributed by atoms with Crippen molar-refractivity contribution in [1.82, 2.24) is 72.4 Å². The molecule has 110 heavy (non-hydrogen) atoms. The minimum atomic E-state index is -1.29. The molecule has 0 aromatic heterocycles. The highest BCUT2D eigenvalue weighted by atomic mass is 16.5. The predicted octanol–water partition coefficient (Wildman–Crippen LogP) is 3.00. The summed E-state index contributed by atoms with van der Waals surface area (Å²) in [4.78, 5) is 209. The molecule has 6 rings (SSSR count). The van der Waals surface area contributed by atoms with Gasteiger partial charge in [0, 0.05) is 60.0 Å². The highest BCUT2D eigenvalue weighted by molar-refractivity contribution is 6.00. The molecule has 3 aromatic rings. The first-order chi connectivity index (χ1) is 52.4. The van der Waals surface area contributed by atoms with Crippen molar-refractivity contribution in [2.24, 2.45) is 17.8 Å². The van der Waals surface area contributed by atoms with E-state index < -0.39 is 169 Å². The number of carbonyl (C=O) groups excluding carboxylic acids is 14. The number of nitrogens with one attached hydrogen (secondary N) is 9. The molecule has 29 heteroatoms. The van der Waals surface area contributed by atoms with Gasteiger partial charge in [-0.1, -0.05) is 172 Å². The van der Waals surface area contributed by atoms with Gasteiger partial charge in [0.05, 0.1) is 19.7 Å². The zero-order valence-corrected chi connectivity index (χ0v) is 66.4. The van der Waals surface area contributed by atoms with E-state index in [1.165, 1.54) is 52.6 Å². The average molecular weight is 1530 g/mol. The van der Waals surface area contributed by atoms with E-state index in [0.717, 1.165) is 0 Å². The normalized spacial score (nSPS) is 25.2. The Balaban J connectivity index is 1.31. The minimum Gasteiger partial charge on any atom is -0.370 e. The topological polar surface area (TPSA) is 373 Å². The monoisotopic (exact) mass is 1530 g/mol. The number of hydrogen-bond donors (Lipinski definition) is 9. The van der Waals surface area contributed by atoms with Gasteiger partial charge in [-0.2, -0.15) is 0 Å². The standard InChI is InChI=1S/C81H120N14O15/c1-13-15-34-64-75(103)88-58(42-51(3)4)72(100)82-38-41-110-50-70(98)87-62(46-56-30-22-18-23-31-56)77(105)91(10)54(9)71(99)90-61(44-53(7)8)80(108)94-39-26-36-65(94)74(102)84-49-69(97)85-60(43-52(5)6)79(107)95-40-27-37-66(95)76(104)89-59(45-55-28-20-17-21-29-55)73(101)83-48-68(96)86-63(47-57-32-24-19-25-33-57)78(106)93(12)67(35-16-14-2)81(109)92(64)11/h17-25,28-33,51-54,58-67H,13-16,26-27,34-50H2,1-12H3,(H,82,100)(H,83,101)(H,84,102)(H,85,97)(H,86,96)(H,87,98)(H,88,103)(H,89,104)(H,90,99)/t54-,58-,59-,60-,61-,62-,63-,64-,65?,66-,67-/m0/s1. The fourth-order valence-electron chi connectivity index (χ4n) is 14.1. The van der Waals surface area contributed by atoms with Crippen LogP contribution in [0.3, 0.4) is 0 Å². The van der Waals surface area contributed by atoms with Crippen molar-refractivity contribution in [2.75, 3.05) is 67.1 Å². The SMILES string of the molecule is CCCC[C@H]1C(=O)N(C)[C@@H](CCCC)C(=O)N[C@@H](CC(C)C)C(=O)NCCOCC(=O)N[C@@H](Cc2ccccc2)C(=O)N(C)[C@@H](C)C(=O)N[C@@H](CC(C)C)C(=O)N2CCCC2C(=O)NCC(=O)N[C@@H](CC(C)C)C(=O)N2CCC[C@H]2C(=O)N[C@@H](Cc2ccccc2)C(=O)NCC(=O)N[C@@H](Cc2ccccc2)C(=O)N1C. The molecule has 29 nitrogen and oxygen atoms in total. The Kier molecular flexibility index (Phi) is 36.2. The number of fused-ring (bicyclic) bond motifs is 2. The van der Waals surface area contributed by atoms with Crippen molar-refractivity contribution in [2.45, 2.75) is 232 Å². The maximum atomic E-state index is 15.1. The van der Waals surface area contributed by atoms with Crippen molar-refractivity contribution in [3.8, 4) is 0 Å². The molecule has 14 amide bonds. The highest BCUT2D eigenvalue weighted by Crippen LogP contribution is 2.25. The first-order valence-electron chi connectivity index (χ1n) is 39.2. The van der Waals surface area contributed by atoms with E-state index in [1.807, 2.05) is 55.4 Å². The quantitative estimate of drug-likeness (QED) is 0.0884. The summed E-state index contributed by atoms with van der Waals surface area (Å²) in [6.07, 6.45) is 4.38. The molecule has 3 fully saturated rings. The molecule has 3 heterocycles. The lowest BCUT2D eigenvalue weighted by molar-refractivity contribution is -0.149. The molecule has 3 aliphatic rings. The number of nitrogens with zero attached hydrogens (tertiary/aromatic N) is 5. The Morgan fingerprint density at radius 1 is 0.400 bits per heavy atom. The average Bonchev–Trinajstić information content (AvgIpc) is 1.70. The van der Waals surface area contributed by atoms with Crippen LogP contribution >= 0.6 is 0 Å². The highest BCUT2D eigenvalue weighted by Gasteiger charge is 2.43. The van der Waals surface area contributed by atoms with Crippen molar-refractivity contribution < 1.29 is 71.9 Å². The van der Waals surface area contributed by atoms with Crippen LogP contribution in [-0.4, -0.2) is 241 Å². The summed E-state index contributed by atoms with van der Waals surface area (Å²) in [6, 6.07) is 13.9. The Labute approximate surface area is 648 Å². The van der Waals surface area contributed by atoms with Crippen molar-refractivity contribution in [1.29, 1.82) is 0 Å². The van der Waals surface area contributed by atoms with Crippen LogP contribution in [0.1, 0.15) is 162 Å². The van der Waals surface area contributed by atoms with Crippen molar-refractivity contribution in [3.63, 3.8) is 0 Å². The molecule has 0 aliphatic carbocycles. The lowest BCUT2D eigenvalue weighted by atomic mass is 9.99. The molecule has 0 spiro atoms. The molecule has 9 N–H and O–H groups in total. The molecule has 604 valence electrons. The molecule has 1 unspecified atom stereocenters. The van der Waals surface area contributed by atoms with Gasteiger partial charge in [0.15, 0.2) is 0 Å². The van der Waals surface area contributed by atoms with Crippen LogP contribution in [0.25, 0.3) is 0 Å². The zero-order valence-electron chi connectivity index (χ0n) is 66.4. The third kappa shape index (κ3) is 27.3. The van der Waals surface area contributed by atoms with Gasteiger partial charge >= 0.3 is 0 Å². The van der Waals surface area contributed by atoms with Crippen LogP contribution in [-0.2, 0) is 91.1 Å². The van der Waals surface area contributed by atoms with Crippen LogP contribution in [0.2, 0.25) is 0 Å². The number of unbranched alkanes of at least 4 members (excludes halogenated alkanes) is 2. The van der Waals surface area contributed by atoms with Gasteiger partial charge in [-0.25, -0.2) is 0 Å². The smallest absolute Gasteiger partial charge is 0.246 e. The van der Waals surface area contributed by atoms with Gasteiger partial charge in [-0.3, -0.25) is 67.1 Å². The summed E-state index contributed by atoms with van der Waals surface area (Å²) in [6.45, 7) is 14.8. The van der Waals surface area contributed by atoms with Crippen LogP contribution in [0.15, 0.2) is 91.0 Å². The molecule has 11 atom stereocenters. The van der Waals surface area contributed by atoms with E-state index in [9.17, 15) is 57.5 Å². The summed E-state index contributed by atoms with van der Waals surface area (Å²) < 4.78 is 5.73. The summed E-state index contributed by atoms with van der Waals surface area (Å²) in [7, 11) is 4.35. The molecular formula is C81H120N14O15. The zero-order chi connectivity index (χ0) is 80.7. The molecule has 0 bridgehead atoms. The summed E-state index contributed by atoms with van der Waals surface area (Å²) >= 11 is 0. The second kappa shape index (κ2) is 44.8. The van der Waals surface area contributed by atoms with Gasteiger partial charge in [-0.05, 0) is 99.2 Å². The van der Waals surface area contributed by atoms with E-state index in [0.29, 0.717) is 55.2 Å². The van der Waals surface area contributed by atoms with Crippen molar-refractivity contribution >= 4 is 82.7 Å². The van der Waals surface area contributed by atoms with Gasteiger partial charge in [0.1, 0.15) is 73.1 Å². The van der Waals surface area contributed by atoms with E-state index in [1.54, 1.807) is 91.0 Å². The van der Waals surface area contributed by atoms with Gasteiger partial charge < -0.3 is 77.1 Å². The number of ether oxygens (including phenoxy) is 1. The number of hydrogen-bond acceptors (Lipinski definition) is 15. The van der Waals surface area contributed by atoms with Crippen LogP contribution in [0.5, 0.6) is 0 Å². The number of likely N-dealkylation sites (N-methyl/N-ethyl adjacent to an activating group) is 3. The first-order valence-corrected chi connectivity index (χ1v) is 39.2. The Bertz CT molecular complexity index is 3590. The Morgan fingerprint density at radius 2 is 0.791 bits per heavy atom. The number of benzene rings is 3. The van der Waals surface area contributed by atoms with Gasteiger partial charge in [0.2, 0.25) is 82.7 Å². The fourth-order valence-corrected chi connectivity index (χ4v) is 14.1. The minimum absolute atomic E-state index is 0.0168. The Morgan fingerprint density at radius 3 is 1.28 bits per heavy atom. The van der Waals surface area contributed by atoms with Crippen LogP contribution in [0.4, 0.5) is 0 Å². The van der Waals surface area contributed by atoms with Crippen LogP contribution < -0.4 is 47.9 Å². The van der Waals surface area contributed by atoms with Gasteiger partial charge in [0.25, 0.3) is 0 Å². The predicted molar refractivity (Wildman–Crippen MR) is 414 cm³/mol. The van der Waals surface area contributed by atoms with E-state index in [2.05, 4.69) is 47.9 Å². The third-order valence-electron chi connectivity index (χ3n) is 20.2. The third-order valence-corrected chi connectivity index (χ3v) is 20.2. The Hall–Kier alpha value is -9.80.